The molecule has 0 heterocycles. The minimum Gasteiger partial charge on any atom is -1.00 e. The number of hydrogen-bond donors (Lipinski definition) is 0. The molecule has 0 atom stereocenters. The molecule has 10 aliphatic rings. The molecule has 0 spiro atoms. The first kappa shape index (κ1) is 53.2. The quantitative estimate of drug-likeness (QED) is 0.105. The number of hydrogen-bond acceptors (Lipinski definition) is 0. The number of rotatable bonds is 8. The van der Waals surface area contributed by atoms with E-state index in [4.69, 9.17) is 0 Å². The Morgan fingerprint density at radius 1 is 0.458 bits per heavy atom. The third-order valence-electron chi connectivity index (χ3n) is 20.2. The Balaban J connectivity index is 0.000000151. The molecule has 0 nitrogen and oxygen atoms in total. The van der Waals surface area contributed by atoms with Gasteiger partial charge in [0.15, 0.2) is 0 Å². The summed E-state index contributed by atoms with van der Waals surface area (Å²) in [4.78, 5) is 0. The average molecular weight is 1090 g/mol. The van der Waals surface area contributed by atoms with Gasteiger partial charge >= 0.3 is 41.9 Å². The average Bonchev–Trinajstić information content (AvgIpc) is 3.94. The molecule has 4 heteroatoms. The second-order valence-electron chi connectivity index (χ2n) is 26.3. The molecule has 0 amide bonds. The molecule has 0 radical (unpaired) electrons. The fourth-order valence-corrected chi connectivity index (χ4v) is 18.2. The molecule has 6 aromatic carbocycles. The molecule has 0 saturated heterocycles. The summed E-state index contributed by atoms with van der Waals surface area (Å²) in [6.07, 6.45) is 34.8. The molecule has 380 valence electrons. The molecule has 10 aliphatic carbocycles. The molecule has 8 bridgehead atoms. The molecule has 0 unspecified atom stereocenters. The Bertz CT molecular complexity index is 2550. The van der Waals surface area contributed by atoms with E-state index in [1.807, 2.05) is 0 Å². The van der Waals surface area contributed by atoms with E-state index < -0.39 is 0 Å². The van der Waals surface area contributed by atoms with Gasteiger partial charge in [0.1, 0.15) is 0 Å². The first-order chi connectivity index (χ1) is 34.0. The first-order valence-electron chi connectivity index (χ1n) is 29.1. The summed E-state index contributed by atoms with van der Waals surface area (Å²) in [5.74, 6) is 7.88. The first-order valence-corrected chi connectivity index (χ1v) is 35.3. The molecule has 0 N–H and O–H groups in total. The summed E-state index contributed by atoms with van der Waals surface area (Å²) in [5, 5.41) is 5.82. The number of fused-ring (bicyclic) bond motifs is 2. The van der Waals surface area contributed by atoms with E-state index in [0.29, 0.717) is 10.8 Å². The van der Waals surface area contributed by atoms with Crippen LogP contribution in [-0.4, -0.2) is 5.43 Å². The van der Waals surface area contributed by atoms with Crippen molar-refractivity contribution in [2.75, 3.05) is 0 Å². The third kappa shape index (κ3) is 11.3. The summed E-state index contributed by atoms with van der Waals surface area (Å²) < 4.78 is 0. The van der Waals surface area contributed by atoms with Gasteiger partial charge in [-0.2, -0.15) is 12.1 Å². The zero-order valence-corrected chi connectivity index (χ0v) is 49.6. The molecule has 0 aliphatic heterocycles. The molecule has 16 rings (SSSR count). The van der Waals surface area contributed by atoms with Crippen molar-refractivity contribution in [2.24, 2.45) is 47.3 Å². The van der Waals surface area contributed by atoms with E-state index in [-0.39, 0.29) is 30.2 Å². The molecular weight excluding hydrogens is 1010 g/mol. The van der Waals surface area contributed by atoms with Gasteiger partial charge in [0.2, 0.25) is 0 Å². The van der Waals surface area contributed by atoms with Crippen molar-refractivity contribution in [3.8, 4) is 22.3 Å². The number of halogens is 2. The Morgan fingerprint density at radius 3 is 1.07 bits per heavy atom. The maximum absolute atomic E-state index is 2.52. The van der Waals surface area contributed by atoms with E-state index in [2.05, 4.69) is 124 Å². The van der Waals surface area contributed by atoms with Crippen molar-refractivity contribution in [3.05, 3.63) is 130 Å². The second kappa shape index (κ2) is 22.4. The van der Waals surface area contributed by atoms with Crippen LogP contribution < -0.4 is 24.8 Å². The van der Waals surface area contributed by atoms with Crippen LogP contribution in [0.1, 0.15) is 175 Å². The monoisotopic (exact) mass is 1090 g/mol. The summed E-state index contributed by atoms with van der Waals surface area (Å²) in [6, 6.07) is 39.5. The Hall–Kier alpha value is -2.22. The van der Waals surface area contributed by atoms with Crippen LogP contribution >= 0.6 is 0 Å². The van der Waals surface area contributed by atoms with Gasteiger partial charge in [-0.1, -0.05) is 147 Å². The predicted octanol–water partition coefficient (Wildman–Crippen LogP) is 13.0. The SMILES string of the molecule is C[Si](C)=[Zr+2].Cc1cc(-c2ccc(C34CC5CC(CC(C5)C3)C4)cc2)c2cc(CC3CCCCC3)[cH-]c2c1.Cc1cc(-c2ccc(C34CC5CC(CC(C5)C3)C4)cc2)c2cc(CC3CCCCC3)[cH-]c2c1.[Cl-].[Cl-]. The molecular formula is C68H84Cl2SiZr-2. The minimum atomic E-state index is 0. The summed E-state index contributed by atoms with van der Waals surface area (Å²) >= 11 is 1.74. The van der Waals surface area contributed by atoms with Crippen molar-refractivity contribution in [1.29, 1.82) is 0 Å². The second-order valence-corrected chi connectivity index (χ2v) is 35.7. The maximum atomic E-state index is 2.52. The predicted molar refractivity (Wildman–Crippen MR) is 297 cm³/mol. The number of aryl methyl sites for hydroxylation is 2. The molecule has 10 saturated carbocycles. The molecule has 0 aromatic heterocycles. The van der Waals surface area contributed by atoms with Gasteiger partial charge in [0.05, 0.1) is 0 Å². The van der Waals surface area contributed by atoms with Crippen molar-refractivity contribution < 1.29 is 48.1 Å². The smallest absolute Gasteiger partial charge is 0.00391 e. The van der Waals surface area contributed by atoms with E-state index in [1.54, 1.807) is 45.6 Å². The van der Waals surface area contributed by atoms with Crippen LogP contribution in [-0.2, 0) is 47.0 Å². The normalized spacial score (nSPS) is 29.2. The van der Waals surface area contributed by atoms with Gasteiger partial charge in [-0.15, -0.1) is 56.9 Å². The van der Waals surface area contributed by atoms with Gasteiger partial charge in [0.25, 0.3) is 0 Å². The van der Waals surface area contributed by atoms with Crippen LogP contribution in [0, 0.1) is 61.2 Å². The summed E-state index contributed by atoms with van der Waals surface area (Å²) in [6.45, 7) is 9.15. The Morgan fingerprint density at radius 2 is 0.764 bits per heavy atom. The van der Waals surface area contributed by atoms with Gasteiger partial charge in [-0.25, -0.2) is 0 Å². The van der Waals surface area contributed by atoms with Gasteiger partial charge < -0.3 is 24.8 Å². The van der Waals surface area contributed by atoms with Crippen LogP contribution in [0.2, 0.25) is 13.1 Å². The summed E-state index contributed by atoms with van der Waals surface area (Å²) in [5.41, 5.74) is 16.1. The van der Waals surface area contributed by atoms with Gasteiger partial charge in [-0.3, -0.25) is 0 Å². The zero-order chi connectivity index (χ0) is 47.6. The fourth-order valence-electron chi connectivity index (χ4n) is 18.2. The molecule has 6 aromatic rings. The van der Waals surface area contributed by atoms with Crippen LogP contribution in [0.4, 0.5) is 0 Å². The fraction of sp³-hybridized carbons (Fsp3) is 0.559. The minimum absolute atomic E-state index is 0. The van der Waals surface area contributed by atoms with E-state index >= 15 is 0 Å². The third-order valence-corrected chi connectivity index (χ3v) is 20.2. The van der Waals surface area contributed by atoms with Crippen LogP contribution in [0.5, 0.6) is 0 Å². The van der Waals surface area contributed by atoms with Crippen molar-refractivity contribution >= 4 is 27.0 Å². The topological polar surface area (TPSA) is 0 Å². The molecule has 10 fully saturated rings. The molecule has 72 heavy (non-hydrogen) atoms. The van der Waals surface area contributed by atoms with E-state index in [0.717, 1.165) is 47.3 Å². The largest absolute Gasteiger partial charge is 1.00 e. The van der Waals surface area contributed by atoms with Crippen LogP contribution in [0.15, 0.2) is 97.1 Å². The van der Waals surface area contributed by atoms with Crippen LogP contribution in [0.3, 0.4) is 0 Å². The Labute approximate surface area is 463 Å². The van der Waals surface area contributed by atoms with Crippen molar-refractivity contribution in [2.45, 2.75) is 192 Å². The van der Waals surface area contributed by atoms with Crippen molar-refractivity contribution in [3.63, 3.8) is 0 Å². The maximum Gasteiger partial charge on any atom is -0.00391 e. The van der Waals surface area contributed by atoms with Crippen molar-refractivity contribution in [1.82, 2.24) is 0 Å². The summed E-state index contributed by atoms with van der Waals surface area (Å²) in [7, 11) is 0. The Kier molecular flexibility index (Phi) is 16.5. The van der Waals surface area contributed by atoms with Crippen LogP contribution in [0.25, 0.3) is 43.8 Å². The standard InChI is InChI=1S/2C33H39.C2H6Si.2ClH.Zr/c2*1-22-11-29-17-24(13-23-5-3-2-4-6-23)18-32(29)31(12-22)28-7-9-30(10-8-28)33-19-25-14-26(20-33)16-27(15-25)21-33;1-3-2;;;/h2*7-12,17-18,23,25-27H,2-6,13-16,19-21H2,1H3;1-2H3;2*1H;/q2*-1;;;;+2/p-2. The van der Waals surface area contributed by atoms with E-state index in [9.17, 15) is 0 Å². The zero-order valence-electron chi connectivity index (χ0n) is 44.6. The van der Waals surface area contributed by atoms with Gasteiger partial charge in [0, 0.05) is 0 Å². The van der Waals surface area contributed by atoms with E-state index in [1.165, 1.54) is 209 Å². The van der Waals surface area contributed by atoms with Gasteiger partial charge in [-0.05, 0) is 184 Å². The number of benzene rings is 4.